The minimum absolute atomic E-state index is 0. The van der Waals surface area contributed by atoms with Crippen molar-refractivity contribution in [3.63, 3.8) is 0 Å². The van der Waals surface area contributed by atoms with E-state index in [9.17, 15) is 40.3 Å². The smallest absolute Gasteiger partial charge is 0.340 e. The summed E-state index contributed by atoms with van der Waals surface area (Å²) in [5.41, 5.74) is 8.28. The van der Waals surface area contributed by atoms with Crippen LogP contribution in [0.25, 0.3) is 44.6 Å². The summed E-state index contributed by atoms with van der Waals surface area (Å²) in [5, 5.41) is 13.3. The number of carboxylic acid groups (broad SMARTS) is 1. The van der Waals surface area contributed by atoms with Crippen LogP contribution in [0.5, 0.6) is 0 Å². The Balaban J connectivity index is 0.000000222. The van der Waals surface area contributed by atoms with Gasteiger partial charge in [-0.2, -0.15) is 0 Å². The van der Waals surface area contributed by atoms with Gasteiger partial charge in [-0.15, -0.1) is 12.4 Å². The van der Waals surface area contributed by atoms with E-state index in [1.54, 1.807) is 25.1 Å². The minimum atomic E-state index is -3.58. The molecule has 0 aliphatic carbocycles. The number of benzene rings is 4. The average Bonchev–Trinajstić information content (AvgIpc) is 3.67. The molecule has 332 valence electrons. The molecule has 6 aromatic rings. The Bertz CT molecular complexity index is 2850. The standard InChI is InChI=1S/C21H21FN2O5S.C20H18FNO6S.CH5N.ClH/c1-12-15-10-16-18(11-17(15)24(8-9-28-12)30(3,26)27)29-20(19(16)21(25)23-2)13-4-6-14(22)7-5-13;1-11-14-9-15-17(10-16(14)22(7-8-27-11)29(2,25)26)28-19(18(15)20(23)24)12-3-5-13(21)6-4-12;1-2;/h4-7,10-12H,8-9H2,1-3H3,(H,23,25);3-6,9-11H,7-8H2,1-2H3,(H,23,24);2H2,1H3;1H. The van der Waals surface area contributed by atoms with Gasteiger partial charge in [-0.3, -0.25) is 13.4 Å². The molecule has 2 unspecified atom stereocenters. The summed E-state index contributed by atoms with van der Waals surface area (Å²) in [6.07, 6.45) is 1.43. The number of nitrogens with two attached hydrogens (primary N) is 1. The molecule has 8 rings (SSSR count). The van der Waals surface area contributed by atoms with Crippen LogP contribution in [0, 0.1) is 11.6 Å². The van der Waals surface area contributed by atoms with E-state index >= 15 is 0 Å². The third-order valence-corrected chi connectivity index (χ3v) is 12.5. The van der Waals surface area contributed by atoms with E-state index < -0.39 is 43.8 Å². The Morgan fingerprint density at radius 1 is 0.694 bits per heavy atom. The predicted octanol–water partition coefficient (Wildman–Crippen LogP) is 7.25. The summed E-state index contributed by atoms with van der Waals surface area (Å²) in [6.45, 7) is 4.37. The molecule has 1 amide bonds. The van der Waals surface area contributed by atoms with Crippen LogP contribution in [0.2, 0.25) is 0 Å². The van der Waals surface area contributed by atoms with Gasteiger partial charge < -0.3 is 34.5 Å². The first-order chi connectivity index (χ1) is 28.9. The molecule has 0 saturated heterocycles. The second kappa shape index (κ2) is 18.8. The van der Waals surface area contributed by atoms with Crippen LogP contribution in [0.1, 0.15) is 57.9 Å². The molecule has 4 heterocycles. The Morgan fingerprint density at radius 2 is 1.06 bits per heavy atom. The zero-order chi connectivity index (χ0) is 44.6. The van der Waals surface area contributed by atoms with Gasteiger partial charge in [0.05, 0.1) is 68.0 Å². The highest BCUT2D eigenvalue weighted by Gasteiger charge is 2.32. The van der Waals surface area contributed by atoms with Crippen LogP contribution < -0.4 is 19.7 Å². The number of hydrogen-bond acceptors (Lipinski definition) is 11. The molecule has 62 heavy (non-hydrogen) atoms. The molecule has 2 aliphatic rings. The fourth-order valence-electron chi connectivity index (χ4n) is 7.29. The van der Waals surface area contributed by atoms with Crippen LogP contribution in [-0.2, 0) is 29.5 Å². The number of carboxylic acids is 1. The van der Waals surface area contributed by atoms with E-state index in [4.69, 9.17) is 18.3 Å². The third-order valence-electron chi connectivity index (χ3n) is 10.1. The summed E-state index contributed by atoms with van der Waals surface area (Å²) < 4.78 is 102. The molecule has 0 spiro atoms. The molecule has 4 N–H and O–H groups in total. The molecule has 2 aromatic heterocycles. The van der Waals surface area contributed by atoms with Crippen molar-refractivity contribution in [3.05, 3.63) is 107 Å². The van der Waals surface area contributed by atoms with Crippen LogP contribution in [0.4, 0.5) is 20.2 Å². The van der Waals surface area contributed by atoms with Gasteiger partial charge in [0.1, 0.15) is 39.9 Å². The van der Waals surface area contributed by atoms with Gasteiger partial charge in [-0.25, -0.2) is 30.4 Å². The van der Waals surface area contributed by atoms with Crippen molar-refractivity contribution in [1.82, 2.24) is 5.32 Å². The maximum absolute atomic E-state index is 13.4. The number of fused-ring (bicyclic) bond motifs is 4. The first-order valence-electron chi connectivity index (χ1n) is 18.8. The number of rotatable bonds is 6. The first-order valence-corrected chi connectivity index (χ1v) is 22.5. The summed E-state index contributed by atoms with van der Waals surface area (Å²) in [6, 6.07) is 17.4. The van der Waals surface area contributed by atoms with Crippen LogP contribution >= 0.6 is 12.4 Å². The van der Waals surface area contributed by atoms with Gasteiger partial charge in [0, 0.05) is 52.2 Å². The Hall–Kier alpha value is -5.57. The largest absolute Gasteiger partial charge is 0.478 e. The SMILES string of the molecule is CC1OCCN(S(C)(=O)=O)c2cc3oc(-c4ccc(F)cc4)c(C(=O)O)c3cc21.CN.CNC(=O)c1c(-c2ccc(F)cc2)oc2cc3c(cc12)C(C)OCCN3S(C)(=O)=O.Cl. The van der Waals surface area contributed by atoms with Crippen molar-refractivity contribution in [2.75, 3.05) is 61.5 Å². The average molecular weight is 919 g/mol. The molecule has 0 bridgehead atoms. The number of nitrogens with one attached hydrogen (secondary N) is 1. The zero-order valence-corrected chi connectivity index (χ0v) is 36.8. The maximum atomic E-state index is 13.4. The lowest BCUT2D eigenvalue weighted by Crippen LogP contribution is -2.32. The zero-order valence-electron chi connectivity index (χ0n) is 34.4. The lowest BCUT2D eigenvalue weighted by Gasteiger charge is -2.22. The van der Waals surface area contributed by atoms with Gasteiger partial charge in [0.2, 0.25) is 20.0 Å². The number of aromatic carboxylic acids is 1. The van der Waals surface area contributed by atoms with E-state index in [1.165, 1.54) is 77.3 Å². The third kappa shape index (κ3) is 9.42. The molecule has 0 fully saturated rings. The van der Waals surface area contributed by atoms with Crippen molar-refractivity contribution in [1.29, 1.82) is 0 Å². The van der Waals surface area contributed by atoms with E-state index in [2.05, 4.69) is 11.1 Å². The molecule has 2 aliphatic heterocycles. The van der Waals surface area contributed by atoms with Gasteiger partial charge in [0.15, 0.2) is 0 Å². The number of furan rings is 2. The van der Waals surface area contributed by atoms with Gasteiger partial charge in [-0.05, 0) is 81.6 Å². The number of sulfonamides is 2. The molecule has 0 saturated carbocycles. The topological polar surface area (TPSA) is 212 Å². The van der Waals surface area contributed by atoms with Crippen molar-refractivity contribution in [2.24, 2.45) is 5.73 Å². The summed E-state index contributed by atoms with van der Waals surface area (Å²) >= 11 is 0. The van der Waals surface area contributed by atoms with E-state index in [1.807, 2.05) is 6.92 Å². The molecule has 0 radical (unpaired) electrons. The van der Waals surface area contributed by atoms with Crippen LogP contribution in [0.3, 0.4) is 0 Å². The quantitative estimate of drug-likeness (QED) is 0.151. The van der Waals surface area contributed by atoms with Gasteiger partial charge in [-0.1, -0.05) is 0 Å². The number of amides is 1. The number of anilines is 2. The molecule has 4 aromatic carbocycles. The van der Waals surface area contributed by atoms with Crippen molar-refractivity contribution in [3.8, 4) is 22.6 Å². The van der Waals surface area contributed by atoms with Crippen molar-refractivity contribution in [2.45, 2.75) is 26.1 Å². The molecule has 2 atom stereocenters. The molecular weight excluding hydrogens is 874 g/mol. The van der Waals surface area contributed by atoms with E-state index in [0.29, 0.717) is 55.5 Å². The number of halogens is 3. The summed E-state index contributed by atoms with van der Waals surface area (Å²) in [5.74, 6) is -2.07. The fourth-order valence-corrected chi connectivity index (χ4v) is 9.13. The number of carbonyl (C=O) groups excluding carboxylic acids is 1. The highest BCUT2D eigenvalue weighted by molar-refractivity contribution is 7.92. The predicted molar refractivity (Wildman–Crippen MR) is 234 cm³/mol. The number of carbonyl (C=O) groups is 2. The molecular formula is C42H45ClF2N4O11S2. The Labute approximate surface area is 362 Å². The number of ether oxygens (including phenoxy) is 2. The van der Waals surface area contributed by atoms with Crippen LogP contribution in [0.15, 0.2) is 81.6 Å². The number of hydrogen-bond donors (Lipinski definition) is 3. The van der Waals surface area contributed by atoms with Crippen molar-refractivity contribution >= 4 is 77.6 Å². The Kier molecular flexibility index (Phi) is 14.4. The highest BCUT2D eigenvalue weighted by Crippen LogP contribution is 2.43. The number of nitrogens with zero attached hydrogens (tertiary/aromatic N) is 2. The monoisotopic (exact) mass is 918 g/mol. The first kappa shape index (κ1) is 47.5. The highest BCUT2D eigenvalue weighted by atomic mass is 35.5. The van der Waals surface area contributed by atoms with E-state index in [0.717, 1.165) is 12.5 Å². The summed E-state index contributed by atoms with van der Waals surface area (Å²) in [4.78, 5) is 24.7. The fraction of sp³-hybridized carbons (Fsp3) is 0.286. The molecule has 20 heteroatoms. The van der Waals surface area contributed by atoms with Gasteiger partial charge >= 0.3 is 5.97 Å². The normalized spacial score (nSPS) is 16.3. The van der Waals surface area contributed by atoms with Gasteiger partial charge in [0.25, 0.3) is 5.91 Å². The minimum Gasteiger partial charge on any atom is -0.478 e. The van der Waals surface area contributed by atoms with Crippen molar-refractivity contribution < 1.29 is 58.6 Å². The van der Waals surface area contributed by atoms with Crippen LogP contribution in [-0.4, -0.2) is 86.7 Å². The summed E-state index contributed by atoms with van der Waals surface area (Å²) in [7, 11) is -4.11. The second-order valence-electron chi connectivity index (χ2n) is 14.0. The van der Waals surface area contributed by atoms with E-state index in [-0.39, 0.29) is 73.4 Å². The second-order valence-corrected chi connectivity index (χ2v) is 17.8. The molecule has 15 nitrogen and oxygen atoms in total. The maximum Gasteiger partial charge on any atom is 0.340 e. The lowest BCUT2D eigenvalue weighted by atomic mass is 10.0. The Morgan fingerprint density at radius 3 is 1.42 bits per heavy atom. The lowest BCUT2D eigenvalue weighted by molar-refractivity contribution is 0.0697.